The predicted molar refractivity (Wildman–Crippen MR) is 75.2 cm³/mol. The summed E-state index contributed by atoms with van der Waals surface area (Å²) in [5.74, 6) is -1.68. The van der Waals surface area contributed by atoms with Gasteiger partial charge < -0.3 is 15.2 Å². The van der Waals surface area contributed by atoms with Crippen LogP contribution in [0.1, 0.15) is 32.4 Å². The molecule has 0 aromatic heterocycles. The van der Waals surface area contributed by atoms with Crippen LogP contribution in [0.5, 0.6) is 0 Å². The predicted octanol–water partition coefficient (Wildman–Crippen LogP) is 1.99. The molecule has 0 heterocycles. The first kappa shape index (κ1) is 16.2. The van der Waals surface area contributed by atoms with Gasteiger partial charge in [0.2, 0.25) is 0 Å². The van der Waals surface area contributed by atoms with Crippen LogP contribution in [0, 0.1) is 5.92 Å². The van der Waals surface area contributed by atoms with Crippen LogP contribution >= 0.6 is 0 Å². The molecule has 110 valence electrons. The Morgan fingerprint density at radius 2 is 1.85 bits per heavy atom. The van der Waals surface area contributed by atoms with Gasteiger partial charge in [0, 0.05) is 6.61 Å². The molecule has 0 aliphatic rings. The van der Waals surface area contributed by atoms with Gasteiger partial charge in [-0.25, -0.2) is 4.79 Å². The number of hydrogen-bond donors (Lipinski definition) is 2. The average molecular weight is 279 g/mol. The van der Waals surface area contributed by atoms with Crippen molar-refractivity contribution in [2.45, 2.75) is 32.9 Å². The van der Waals surface area contributed by atoms with Crippen molar-refractivity contribution in [3.05, 3.63) is 35.9 Å². The van der Waals surface area contributed by atoms with E-state index in [-0.39, 0.29) is 5.92 Å². The second kappa shape index (κ2) is 7.65. The molecule has 2 N–H and O–H groups in total. The van der Waals surface area contributed by atoms with E-state index in [1.165, 1.54) is 0 Å². The minimum atomic E-state index is -1.04. The molecule has 5 nitrogen and oxygen atoms in total. The molecule has 0 saturated heterocycles. The highest BCUT2D eigenvalue weighted by molar-refractivity contribution is 5.87. The maximum atomic E-state index is 12.3. The van der Waals surface area contributed by atoms with E-state index >= 15 is 0 Å². The zero-order valence-corrected chi connectivity index (χ0v) is 12.0. The van der Waals surface area contributed by atoms with Gasteiger partial charge in [-0.05, 0) is 18.4 Å². The smallest absolute Gasteiger partial charge is 0.326 e. The lowest BCUT2D eigenvalue weighted by Gasteiger charge is -2.22. The summed E-state index contributed by atoms with van der Waals surface area (Å²) < 4.78 is 5.45. The van der Waals surface area contributed by atoms with E-state index in [9.17, 15) is 9.59 Å². The third-order valence-corrected chi connectivity index (χ3v) is 2.90. The molecule has 1 aromatic rings. The fourth-order valence-corrected chi connectivity index (χ4v) is 1.86. The SMILES string of the molecule is CCOC(C(=O)N[C@@H](C(=O)O)C(C)C)c1ccccc1. The third-order valence-electron chi connectivity index (χ3n) is 2.90. The Morgan fingerprint density at radius 1 is 1.25 bits per heavy atom. The normalized spacial score (nSPS) is 13.8. The highest BCUT2D eigenvalue weighted by Gasteiger charge is 2.28. The third kappa shape index (κ3) is 4.35. The van der Waals surface area contributed by atoms with Crippen LogP contribution in [-0.2, 0) is 14.3 Å². The van der Waals surface area contributed by atoms with Crippen LogP contribution in [0.15, 0.2) is 30.3 Å². The highest BCUT2D eigenvalue weighted by Crippen LogP contribution is 2.18. The lowest BCUT2D eigenvalue weighted by molar-refractivity contribution is -0.145. The minimum Gasteiger partial charge on any atom is -0.480 e. The first-order chi connectivity index (χ1) is 9.47. The van der Waals surface area contributed by atoms with Crippen LogP contribution in [-0.4, -0.2) is 29.6 Å². The Kier molecular flexibility index (Phi) is 6.18. The number of carbonyl (C=O) groups excluding carboxylic acids is 1. The molecule has 20 heavy (non-hydrogen) atoms. The Hall–Kier alpha value is -1.88. The summed E-state index contributed by atoms with van der Waals surface area (Å²) in [5.41, 5.74) is 0.708. The molecule has 0 radical (unpaired) electrons. The van der Waals surface area contributed by atoms with Crippen molar-refractivity contribution in [1.82, 2.24) is 5.32 Å². The zero-order valence-electron chi connectivity index (χ0n) is 12.0. The molecule has 1 amide bonds. The topological polar surface area (TPSA) is 75.6 Å². The number of rotatable bonds is 7. The second-order valence-electron chi connectivity index (χ2n) is 4.81. The van der Waals surface area contributed by atoms with E-state index in [4.69, 9.17) is 9.84 Å². The molecule has 0 fully saturated rings. The summed E-state index contributed by atoms with van der Waals surface area (Å²) in [6, 6.07) is 8.11. The Balaban J connectivity index is 2.87. The lowest BCUT2D eigenvalue weighted by atomic mass is 10.0. The minimum absolute atomic E-state index is 0.200. The molecule has 1 rings (SSSR count). The molecular formula is C15H21NO4. The standard InChI is InChI=1S/C15H21NO4/c1-4-20-13(11-8-6-5-7-9-11)14(17)16-12(10(2)3)15(18)19/h5-10,12-13H,4H2,1-3H3,(H,16,17)(H,18,19)/t12-,13?/m1/s1. The molecule has 0 aliphatic carbocycles. The van der Waals surface area contributed by atoms with Gasteiger partial charge in [-0.2, -0.15) is 0 Å². The van der Waals surface area contributed by atoms with E-state index in [2.05, 4.69) is 5.32 Å². The molecule has 0 aliphatic heterocycles. The van der Waals surface area contributed by atoms with Crippen molar-refractivity contribution >= 4 is 11.9 Å². The van der Waals surface area contributed by atoms with Crippen molar-refractivity contribution < 1.29 is 19.4 Å². The molecule has 0 saturated carbocycles. The molecular weight excluding hydrogens is 258 g/mol. The first-order valence-electron chi connectivity index (χ1n) is 6.67. The van der Waals surface area contributed by atoms with Gasteiger partial charge in [0.05, 0.1) is 0 Å². The summed E-state index contributed by atoms with van der Waals surface area (Å²) in [5, 5.41) is 11.7. The number of amides is 1. The van der Waals surface area contributed by atoms with Crippen molar-refractivity contribution in [1.29, 1.82) is 0 Å². The van der Waals surface area contributed by atoms with Crippen LogP contribution in [0.25, 0.3) is 0 Å². The largest absolute Gasteiger partial charge is 0.480 e. The summed E-state index contributed by atoms with van der Waals surface area (Å²) in [7, 11) is 0. The number of nitrogens with one attached hydrogen (secondary N) is 1. The molecule has 0 spiro atoms. The average Bonchev–Trinajstić information content (AvgIpc) is 2.42. The number of carboxylic acids is 1. The quantitative estimate of drug-likeness (QED) is 0.800. The maximum Gasteiger partial charge on any atom is 0.326 e. The Labute approximate surface area is 118 Å². The number of hydrogen-bond acceptors (Lipinski definition) is 3. The van der Waals surface area contributed by atoms with Gasteiger partial charge in [-0.3, -0.25) is 4.79 Å². The van der Waals surface area contributed by atoms with Crippen LogP contribution in [0.2, 0.25) is 0 Å². The van der Waals surface area contributed by atoms with E-state index in [1.807, 2.05) is 18.2 Å². The Bertz CT molecular complexity index is 444. The van der Waals surface area contributed by atoms with Gasteiger partial charge >= 0.3 is 5.97 Å². The fourth-order valence-electron chi connectivity index (χ4n) is 1.86. The van der Waals surface area contributed by atoms with E-state index < -0.39 is 24.0 Å². The van der Waals surface area contributed by atoms with Crippen LogP contribution in [0.3, 0.4) is 0 Å². The number of carbonyl (C=O) groups is 2. The van der Waals surface area contributed by atoms with Crippen molar-refractivity contribution in [3.63, 3.8) is 0 Å². The molecule has 5 heteroatoms. The van der Waals surface area contributed by atoms with Gasteiger partial charge in [0.15, 0.2) is 6.10 Å². The number of aliphatic carboxylic acids is 1. The first-order valence-corrected chi connectivity index (χ1v) is 6.67. The van der Waals surface area contributed by atoms with Crippen LogP contribution in [0.4, 0.5) is 0 Å². The summed E-state index contributed by atoms with van der Waals surface area (Å²) in [4.78, 5) is 23.4. The van der Waals surface area contributed by atoms with Gasteiger partial charge in [0.25, 0.3) is 5.91 Å². The molecule has 0 bridgehead atoms. The summed E-state index contributed by atoms with van der Waals surface area (Å²) in [6.45, 7) is 5.65. The fraction of sp³-hybridized carbons (Fsp3) is 0.467. The number of carboxylic acid groups (broad SMARTS) is 1. The highest BCUT2D eigenvalue weighted by atomic mass is 16.5. The summed E-state index contributed by atoms with van der Waals surface area (Å²) in [6.07, 6.45) is -0.790. The van der Waals surface area contributed by atoms with Crippen LogP contribution < -0.4 is 5.32 Å². The monoisotopic (exact) mass is 279 g/mol. The van der Waals surface area contributed by atoms with Crippen molar-refractivity contribution in [3.8, 4) is 0 Å². The van der Waals surface area contributed by atoms with Gasteiger partial charge in [0.1, 0.15) is 6.04 Å². The van der Waals surface area contributed by atoms with E-state index in [0.29, 0.717) is 12.2 Å². The Morgan fingerprint density at radius 3 is 2.30 bits per heavy atom. The zero-order chi connectivity index (χ0) is 15.1. The molecule has 1 aromatic carbocycles. The number of benzene rings is 1. The summed E-state index contributed by atoms with van der Waals surface area (Å²) >= 11 is 0. The maximum absolute atomic E-state index is 12.3. The second-order valence-corrected chi connectivity index (χ2v) is 4.81. The van der Waals surface area contributed by atoms with Crippen molar-refractivity contribution in [2.75, 3.05) is 6.61 Å². The van der Waals surface area contributed by atoms with Crippen molar-refractivity contribution in [2.24, 2.45) is 5.92 Å². The van der Waals surface area contributed by atoms with Gasteiger partial charge in [-0.1, -0.05) is 44.2 Å². The number of ether oxygens (including phenoxy) is 1. The molecule has 2 atom stereocenters. The lowest BCUT2D eigenvalue weighted by Crippen LogP contribution is -2.46. The molecule has 1 unspecified atom stereocenters. The van der Waals surface area contributed by atoms with E-state index in [0.717, 1.165) is 0 Å². The van der Waals surface area contributed by atoms with Gasteiger partial charge in [-0.15, -0.1) is 0 Å². The van der Waals surface area contributed by atoms with E-state index in [1.54, 1.807) is 32.9 Å².